The van der Waals surface area contributed by atoms with Gasteiger partial charge in [0.15, 0.2) is 0 Å². The molecular weight excluding hydrogens is 242 g/mol. The number of hydrogen-bond donors (Lipinski definition) is 2. The number of hydrogen-bond acceptors (Lipinski definition) is 5. The van der Waals surface area contributed by atoms with Crippen molar-refractivity contribution >= 4 is 31.9 Å². The van der Waals surface area contributed by atoms with Crippen LogP contribution in [0.15, 0.2) is 10.3 Å². The van der Waals surface area contributed by atoms with Crippen LogP contribution in [0.1, 0.15) is 47.0 Å². The lowest BCUT2D eigenvalue weighted by atomic mass is 10.1. The van der Waals surface area contributed by atoms with Crippen LogP contribution in [0, 0.1) is 0 Å². The van der Waals surface area contributed by atoms with E-state index in [9.17, 15) is 0 Å². The molecule has 1 unspecified atom stereocenters. The minimum Gasteiger partial charge on any atom is -0.445 e. The highest BCUT2D eigenvalue weighted by Gasteiger charge is 1.98. The fraction of sp³-hybridized carbons (Fsp3) is 0.800. The van der Waals surface area contributed by atoms with Gasteiger partial charge in [-0.2, -0.15) is 0 Å². The van der Waals surface area contributed by atoms with Gasteiger partial charge in [-0.15, -0.1) is 12.4 Å². The van der Waals surface area contributed by atoms with Gasteiger partial charge >= 0.3 is 0 Å². The molecular formula is C10H22BClN2O3. The summed E-state index contributed by atoms with van der Waals surface area (Å²) >= 11 is 0. The molecule has 0 aliphatic carbocycles. The normalized spacial score (nSPS) is 13.2. The first kappa shape index (κ1) is 21.5. The highest BCUT2D eigenvalue weighted by Crippen LogP contribution is 2.02. The minimum absolute atomic E-state index is 0. The van der Waals surface area contributed by atoms with Crippen molar-refractivity contribution < 1.29 is 15.1 Å². The Morgan fingerprint density at radius 3 is 1.71 bits per heavy atom. The van der Waals surface area contributed by atoms with Gasteiger partial charge in [-0.3, -0.25) is 0 Å². The van der Waals surface area contributed by atoms with E-state index in [4.69, 9.17) is 18.5 Å². The fourth-order valence-electron chi connectivity index (χ4n) is 0.835. The third-order valence-corrected chi connectivity index (χ3v) is 2.08. The standard InChI is InChI=1S/C6H13BO.C4H8N2O2.ClH/c1-3-5-6(4-2)8-7;1-3(5-7)4(2)6-8;/h6H,3-5H2,1-2H3;7-8H,1-2H3;1H. The molecule has 0 rings (SSSR count). The zero-order valence-corrected chi connectivity index (χ0v) is 11.7. The first-order valence-corrected chi connectivity index (χ1v) is 5.30. The molecule has 2 radical (unpaired) electrons. The van der Waals surface area contributed by atoms with Crippen molar-refractivity contribution in [2.75, 3.05) is 0 Å². The van der Waals surface area contributed by atoms with E-state index in [1.54, 1.807) is 0 Å². The Balaban J connectivity index is -0.000000218. The maximum absolute atomic E-state index is 8.03. The molecule has 0 bridgehead atoms. The second-order valence-electron chi connectivity index (χ2n) is 3.33. The van der Waals surface area contributed by atoms with E-state index in [0.29, 0.717) is 11.4 Å². The first-order valence-electron chi connectivity index (χ1n) is 5.30. The first-order chi connectivity index (χ1) is 7.56. The van der Waals surface area contributed by atoms with Crippen molar-refractivity contribution in [2.45, 2.75) is 53.1 Å². The topological polar surface area (TPSA) is 74.4 Å². The van der Waals surface area contributed by atoms with Crippen LogP contribution in [0.25, 0.3) is 0 Å². The predicted molar refractivity (Wildman–Crippen MR) is 72.9 cm³/mol. The van der Waals surface area contributed by atoms with Gasteiger partial charge < -0.3 is 15.1 Å². The Morgan fingerprint density at radius 2 is 1.59 bits per heavy atom. The maximum atomic E-state index is 8.03. The molecule has 7 heteroatoms. The summed E-state index contributed by atoms with van der Waals surface area (Å²) in [4.78, 5) is 0. The third-order valence-electron chi connectivity index (χ3n) is 2.08. The highest BCUT2D eigenvalue weighted by molar-refractivity contribution is 6.40. The average Bonchev–Trinajstić information content (AvgIpc) is 2.34. The number of rotatable bonds is 5. The Labute approximate surface area is 111 Å². The van der Waals surface area contributed by atoms with Crippen molar-refractivity contribution in [3.63, 3.8) is 0 Å². The summed E-state index contributed by atoms with van der Waals surface area (Å²) < 4.78 is 4.64. The van der Waals surface area contributed by atoms with Gasteiger partial charge in [-0.05, 0) is 26.7 Å². The molecule has 0 saturated heterocycles. The van der Waals surface area contributed by atoms with E-state index in [-0.39, 0.29) is 18.5 Å². The zero-order chi connectivity index (χ0) is 13.0. The van der Waals surface area contributed by atoms with Gasteiger partial charge in [0, 0.05) is 6.10 Å². The van der Waals surface area contributed by atoms with Crippen molar-refractivity contribution in [1.82, 2.24) is 0 Å². The molecule has 0 spiro atoms. The third kappa shape index (κ3) is 13.2. The molecule has 100 valence electrons. The van der Waals surface area contributed by atoms with E-state index in [1.165, 1.54) is 13.8 Å². The molecule has 0 aromatic carbocycles. The molecule has 2 N–H and O–H groups in total. The molecule has 0 aliphatic heterocycles. The van der Waals surface area contributed by atoms with Crippen LogP contribution in [0.3, 0.4) is 0 Å². The second-order valence-corrected chi connectivity index (χ2v) is 3.33. The van der Waals surface area contributed by atoms with Crippen molar-refractivity contribution in [3.8, 4) is 0 Å². The van der Waals surface area contributed by atoms with Crippen LogP contribution in [0.2, 0.25) is 0 Å². The Bertz CT molecular complexity index is 206. The molecule has 0 aliphatic rings. The molecule has 0 amide bonds. The quantitative estimate of drug-likeness (QED) is 0.347. The summed E-state index contributed by atoms with van der Waals surface area (Å²) in [6, 6.07) is 0. The van der Waals surface area contributed by atoms with Gasteiger partial charge in [0.05, 0.1) is 0 Å². The van der Waals surface area contributed by atoms with Gasteiger partial charge in [-0.1, -0.05) is 30.6 Å². The van der Waals surface area contributed by atoms with Crippen LogP contribution in [0.5, 0.6) is 0 Å². The number of halogens is 1. The van der Waals surface area contributed by atoms with Crippen molar-refractivity contribution in [1.29, 1.82) is 0 Å². The lowest BCUT2D eigenvalue weighted by Crippen LogP contribution is -2.08. The van der Waals surface area contributed by atoms with E-state index < -0.39 is 0 Å². The molecule has 1 atom stereocenters. The summed E-state index contributed by atoms with van der Waals surface area (Å²) in [5.41, 5.74) is 0.625. The summed E-state index contributed by atoms with van der Waals surface area (Å²) in [7, 11) is 4.97. The molecule has 0 fully saturated rings. The van der Waals surface area contributed by atoms with Crippen LogP contribution in [-0.2, 0) is 4.65 Å². The van der Waals surface area contributed by atoms with Gasteiger partial charge in [0.25, 0.3) is 8.05 Å². The van der Waals surface area contributed by atoms with Gasteiger partial charge in [0.1, 0.15) is 11.4 Å². The van der Waals surface area contributed by atoms with Crippen LogP contribution in [0.4, 0.5) is 0 Å². The van der Waals surface area contributed by atoms with Gasteiger partial charge in [0.2, 0.25) is 0 Å². The smallest absolute Gasteiger partial charge is 0.283 e. The molecule has 17 heavy (non-hydrogen) atoms. The molecule has 0 aromatic rings. The number of nitrogens with zero attached hydrogens (tertiary/aromatic N) is 2. The molecule has 0 aromatic heterocycles. The second kappa shape index (κ2) is 15.3. The Morgan fingerprint density at radius 1 is 1.18 bits per heavy atom. The lowest BCUT2D eigenvalue weighted by molar-refractivity contribution is 0.204. The molecule has 0 heterocycles. The minimum atomic E-state index is 0. The van der Waals surface area contributed by atoms with Crippen LogP contribution < -0.4 is 0 Å². The lowest BCUT2D eigenvalue weighted by Gasteiger charge is -2.10. The van der Waals surface area contributed by atoms with Crippen molar-refractivity contribution in [2.24, 2.45) is 10.3 Å². The summed E-state index contributed by atoms with van der Waals surface area (Å²) in [5.74, 6) is 0. The molecule has 0 saturated carbocycles. The van der Waals surface area contributed by atoms with Crippen LogP contribution >= 0.6 is 12.4 Å². The summed E-state index contributed by atoms with van der Waals surface area (Å²) in [6.45, 7) is 7.28. The Kier molecular flexibility index (Phi) is 19.3. The Hall–Kier alpha value is -0.745. The summed E-state index contributed by atoms with van der Waals surface area (Å²) in [6.07, 6.45) is 3.52. The molecule has 5 nitrogen and oxygen atoms in total. The van der Waals surface area contributed by atoms with Crippen molar-refractivity contribution in [3.05, 3.63) is 0 Å². The monoisotopic (exact) mass is 264 g/mol. The average molecular weight is 265 g/mol. The SMILES string of the molecule is CC(=NO)C(C)=NO.Cl.[B]OC(CC)CCC. The zero-order valence-electron chi connectivity index (χ0n) is 10.9. The number of oxime groups is 2. The largest absolute Gasteiger partial charge is 0.445 e. The highest BCUT2D eigenvalue weighted by atomic mass is 35.5. The van der Waals surface area contributed by atoms with E-state index in [1.807, 2.05) is 0 Å². The van der Waals surface area contributed by atoms with E-state index in [2.05, 4.69) is 28.8 Å². The maximum Gasteiger partial charge on any atom is 0.283 e. The summed E-state index contributed by atoms with van der Waals surface area (Å²) in [5, 5.41) is 21.6. The van der Waals surface area contributed by atoms with E-state index in [0.717, 1.165) is 19.3 Å². The predicted octanol–water partition coefficient (Wildman–Crippen LogP) is 2.77. The fourth-order valence-corrected chi connectivity index (χ4v) is 0.835. The van der Waals surface area contributed by atoms with Gasteiger partial charge in [-0.25, -0.2) is 0 Å². The van der Waals surface area contributed by atoms with E-state index >= 15 is 0 Å². The van der Waals surface area contributed by atoms with Crippen LogP contribution in [-0.4, -0.2) is 36.0 Å².